The number of nitrogens with zero attached hydrogens (tertiary/aromatic N) is 2. The Hall–Kier alpha value is -2.41. The molecule has 0 atom stereocenters. The second kappa shape index (κ2) is 5.53. The molecule has 0 aliphatic carbocycles. The first-order valence-electron chi connectivity index (χ1n) is 6.44. The number of amides is 1. The van der Waals surface area contributed by atoms with E-state index in [0.29, 0.717) is 23.2 Å². The lowest BCUT2D eigenvalue weighted by molar-refractivity contribution is 0.101. The predicted molar refractivity (Wildman–Crippen MR) is 80.0 cm³/mol. The van der Waals surface area contributed by atoms with Gasteiger partial charge in [-0.2, -0.15) is 0 Å². The van der Waals surface area contributed by atoms with Crippen LogP contribution in [0, 0.1) is 6.92 Å². The first-order chi connectivity index (χ1) is 10.2. The van der Waals surface area contributed by atoms with Gasteiger partial charge < -0.3 is 9.26 Å². The number of carbonyl (C=O) groups is 1. The highest BCUT2D eigenvalue weighted by molar-refractivity contribution is 7.22. The number of aryl methyl sites for hydroxylation is 1. The van der Waals surface area contributed by atoms with Crippen molar-refractivity contribution in [2.45, 2.75) is 13.8 Å². The zero-order valence-electron chi connectivity index (χ0n) is 11.5. The Balaban J connectivity index is 1.87. The van der Waals surface area contributed by atoms with Gasteiger partial charge in [0.05, 0.1) is 11.3 Å². The van der Waals surface area contributed by atoms with Gasteiger partial charge in [0, 0.05) is 6.07 Å². The van der Waals surface area contributed by atoms with Gasteiger partial charge in [-0.3, -0.25) is 10.1 Å². The molecule has 0 bridgehead atoms. The van der Waals surface area contributed by atoms with Crippen molar-refractivity contribution in [1.29, 1.82) is 0 Å². The van der Waals surface area contributed by atoms with E-state index in [2.05, 4.69) is 15.5 Å². The van der Waals surface area contributed by atoms with E-state index in [9.17, 15) is 4.79 Å². The molecule has 0 aliphatic heterocycles. The molecule has 3 rings (SSSR count). The van der Waals surface area contributed by atoms with Crippen molar-refractivity contribution in [2.75, 3.05) is 11.9 Å². The molecule has 0 unspecified atom stereocenters. The molecule has 7 heteroatoms. The molecule has 2 heterocycles. The Morgan fingerprint density at radius 2 is 2.33 bits per heavy atom. The number of nitrogens with one attached hydrogen (secondary N) is 1. The lowest BCUT2D eigenvalue weighted by atomic mass is 10.3. The van der Waals surface area contributed by atoms with Crippen LogP contribution >= 0.6 is 11.3 Å². The molecule has 1 amide bonds. The molecule has 6 nitrogen and oxygen atoms in total. The monoisotopic (exact) mass is 303 g/mol. The van der Waals surface area contributed by atoms with Crippen molar-refractivity contribution in [2.24, 2.45) is 0 Å². The summed E-state index contributed by atoms with van der Waals surface area (Å²) < 4.78 is 11.4. The van der Waals surface area contributed by atoms with E-state index in [4.69, 9.17) is 9.26 Å². The van der Waals surface area contributed by atoms with Gasteiger partial charge in [0.25, 0.3) is 5.91 Å². The van der Waals surface area contributed by atoms with Gasteiger partial charge in [0.2, 0.25) is 0 Å². The van der Waals surface area contributed by atoms with Crippen LogP contribution in [0.3, 0.4) is 0 Å². The molecule has 0 saturated heterocycles. The maximum Gasteiger partial charge on any atom is 0.279 e. The lowest BCUT2D eigenvalue weighted by Crippen LogP contribution is -2.11. The van der Waals surface area contributed by atoms with Crippen LogP contribution in [0.15, 0.2) is 28.8 Å². The fraction of sp³-hybridized carbons (Fsp3) is 0.214. The summed E-state index contributed by atoms with van der Waals surface area (Å²) in [6.07, 6.45) is 0. The van der Waals surface area contributed by atoms with Crippen molar-refractivity contribution in [3.05, 3.63) is 35.7 Å². The van der Waals surface area contributed by atoms with Crippen molar-refractivity contribution >= 4 is 32.6 Å². The topological polar surface area (TPSA) is 77.2 Å². The molecule has 3 aromatic rings. The third kappa shape index (κ3) is 2.73. The summed E-state index contributed by atoms with van der Waals surface area (Å²) in [5.41, 5.74) is 0.979. The highest BCUT2D eigenvalue weighted by atomic mass is 32.1. The van der Waals surface area contributed by atoms with E-state index in [1.807, 2.05) is 25.1 Å². The van der Waals surface area contributed by atoms with Crippen LogP contribution in [0.1, 0.15) is 23.2 Å². The fourth-order valence-electron chi connectivity index (χ4n) is 1.88. The summed E-state index contributed by atoms with van der Waals surface area (Å²) in [7, 11) is 0. The number of para-hydroxylation sites is 1. The molecule has 1 N–H and O–H groups in total. The number of ether oxygens (including phenoxy) is 1. The molecule has 0 aliphatic rings. The van der Waals surface area contributed by atoms with Crippen molar-refractivity contribution in [3.8, 4) is 5.75 Å². The average Bonchev–Trinajstić information content (AvgIpc) is 3.05. The van der Waals surface area contributed by atoms with Crippen LogP contribution in [0.25, 0.3) is 10.2 Å². The quantitative estimate of drug-likeness (QED) is 0.800. The fourth-order valence-corrected chi connectivity index (χ4v) is 2.76. The summed E-state index contributed by atoms with van der Waals surface area (Å²) in [6.45, 7) is 4.22. The Bertz CT molecular complexity index is 794. The van der Waals surface area contributed by atoms with Gasteiger partial charge in [-0.15, -0.1) is 0 Å². The van der Waals surface area contributed by atoms with Gasteiger partial charge in [-0.25, -0.2) is 4.98 Å². The largest absolute Gasteiger partial charge is 0.492 e. The summed E-state index contributed by atoms with van der Waals surface area (Å²) in [6, 6.07) is 7.27. The predicted octanol–water partition coefficient (Wildman–Crippen LogP) is 3.24. The van der Waals surface area contributed by atoms with Gasteiger partial charge in [-0.05, 0) is 26.0 Å². The minimum atomic E-state index is -0.344. The second-order valence-electron chi connectivity index (χ2n) is 4.33. The SMILES string of the molecule is CCOc1cccc2sc(NC(=O)c3cc(C)on3)nc12. The molecular formula is C14H13N3O3S. The third-order valence-corrected chi connectivity index (χ3v) is 3.70. The number of hydrogen-bond donors (Lipinski definition) is 1. The minimum absolute atomic E-state index is 0.233. The van der Waals surface area contributed by atoms with Gasteiger partial charge in [-0.1, -0.05) is 22.6 Å². The zero-order valence-corrected chi connectivity index (χ0v) is 12.4. The van der Waals surface area contributed by atoms with E-state index in [1.54, 1.807) is 13.0 Å². The number of anilines is 1. The normalized spacial score (nSPS) is 10.8. The summed E-state index contributed by atoms with van der Waals surface area (Å²) in [5.74, 6) is 0.955. The van der Waals surface area contributed by atoms with Crippen LogP contribution in [0.5, 0.6) is 5.75 Å². The smallest absolute Gasteiger partial charge is 0.279 e. The maximum atomic E-state index is 12.0. The number of rotatable bonds is 4. The van der Waals surface area contributed by atoms with E-state index in [1.165, 1.54) is 11.3 Å². The molecular weight excluding hydrogens is 290 g/mol. The number of benzene rings is 1. The summed E-state index contributed by atoms with van der Waals surface area (Å²) in [5, 5.41) is 6.90. The second-order valence-corrected chi connectivity index (χ2v) is 5.36. The highest BCUT2D eigenvalue weighted by Crippen LogP contribution is 2.32. The number of fused-ring (bicyclic) bond motifs is 1. The van der Waals surface area contributed by atoms with Crippen molar-refractivity contribution in [3.63, 3.8) is 0 Å². The third-order valence-electron chi connectivity index (χ3n) is 2.76. The first kappa shape index (κ1) is 13.6. The number of carbonyl (C=O) groups excluding carboxylic acids is 1. The van der Waals surface area contributed by atoms with E-state index in [0.717, 1.165) is 10.2 Å². The van der Waals surface area contributed by atoms with Crippen LogP contribution in [-0.2, 0) is 0 Å². The molecule has 21 heavy (non-hydrogen) atoms. The van der Waals surface area contributed by atoms with Crippen LogP contribution < -0.4 is 10.1 Å². The standard InChI is InChI=1S/C14H13N3O3S/c1-3-19-10-5-4-6-11-12(10)15-14(21-11)16-13(18)9-7-8(2)20-17-9/h4-7H,3H2,1-2H3,(H,15,16,18). The Morgan fingerprint density at radius 1 is 1.48 bits per heavy atom. The van der Waals surface area contributed by atoms with Gasteiger partial charge in [0.15, 0.2) is 10.8 Å². The zero-order chi connectivity index (χ0) is 14.8. The van der Waals surface area contributed by atoms with Crippen LogP contribution in [0.2, 0.25) is 0 Å². The molecule has 0 saturated carbocycles. The summed E-state index contributed by atoms with van der Waals surface area (Å²) >= 11 is 1.39. The van der Waals surface area contributed by atoms with E-state index >= 15 is 0 Å². The minimum Gasteiger partial charge on any atom is -0.492 e. The molecule has 0 spiro atoms. The van der Waals surface area contributed by atoms with Crippen molar-refractivity contribution < 1.29 is 14.1 Å². The highest BCUT2D eigenvalue weighted by Gasteiger charge is 2.15. The number of aromatic nitrogens is 2. The Kier molecular flexibility index (Phi) is 3.57. The van der Waals surface area contributed by atoms with Gasteiger partial charge in [0.1, 0.15) is 17.0 Å². The average molecular weight is 303 g/mol. The number of thiazole rings is 1. The summed E-state index contributed by atoms with van der Waals surface area (Å²) in [4.78, 5) is 16.4. The van der Waals surface area contributed by atoms with E-state index in [-0.39, 0.29) is 11.6 Å². The molecule has 0 fully saturated rings. The Labute approximate surface area is 124 Å². The van der Waals surface area contributed by atoms with Crippen LogP contribution in [0.4, 0.5) is 5.13 Å². The lowest BCUT2D eigenvalue weighted by Gasteiger charge is -2.01. The molecule has 2 aromatic heterocycles. The van der Waals surface area contributed by atoms with Crippen LogP contribution in [-0.4, -0.2) is 22.7 Å². The maximum absolute atomic E-state index is 12.0. The molecule has 0 radical (unpaired) electrons. The van der Waals surface area contributed by atoms with E-state index < -0.39 is 0 Å². The molecule has 1 aromatic carbocycles. The van der Waals surface area contributed by atoms with Crippen molar-refractivity contribution in [1.82, 2.24) is 10.1 Å². The molecule has 108 valence electrons. The van der Waals surface area contributed by atoms with Gasteiger partial charge >= 0.3 is 0 Å². The Morgan fingerprint density at radius 3 is 3.05 bits per heavy atom. The first-order valence-corrected chi connectivity index (χ1v) is 7.26. The number of hydrogen-bond acceptors (Lipinski definition) is 6.